The summed E-state index contributed by atoms with van der Waals surface area (Å²) >= 11 is 17.8. The number of anilines is 3. The number of hydrogen-bond acceptors (Lipinski definition) is 15. The number of rotatable bonds is 9. The maximum atomic E-state index is 13.3. The van der Waals surface area contributed by atoms with Crippen LogP contribution in [0, 0.1) is 0 Å². The summed E-state index contributed by atoms with van der Waals surface area (Å²) in [7, 11) is -20.4. The van der Waals surface area contributed by atoms with Gasteiger partial charge in [0, 0.05) is 16.5 Å². The third kappa shape index (κ3) is 7.95. The van der Waals surface area contributed by atoms with Crippen molar-refractivity contribution in [3.8, 4) is 0 Å². The highest BCUT2D eigenvalue weighted by Crippen LogP contribution is 2.38. The van der Waals surface area contributed by atoms with Crippen LogP contribution in [0.25, 0.3) is 10.8 Å². The number of aromatic nitrogens is 2. The molecule has 270 valence electrons. The first kappa shape index (κ1) is 38.3. The Hall–Kier alpha value is -3.95. The van der Waals surface area contributed by atoms with E-state index in [1.54, 1.807) is 0 Å². The van der Waals surface area contributed by atoms with Crippen molar-refractivity contribution in [2.24, 2.45) is 15.3 Å². The van der Waals surface area contributed by atoms with Crippen molar-refractivity contribution in [2.75, 3.05) is 10.3 Å². The first-order valence-corrected chi connectivity index (χ1v) is 19.9. The molecule has 0 bridgehead atoms. The Kier molecular flexibility index (Phi) is 9.93. The zero-order chi connectivity index (χ0) is 38.0. The lowest BCUT2D eigenvalue weighted by Gasteiger charge is -2.16. The molecule has 0 aliphatic carbocycles. The standard InChI is InChI=1S/C24H16Cl3N7O13S4/c1-9-20(23(35)34(33-9)15-8-12(48(36,37)38)2-3-16(15)49(39,40)41)32-31-11-5-14-13(18(7-11)51(45,46)47)4-10(6-17(14)50(42,43)44)28-22-19(25)21(26)29-24(27)30-22/h2-8,20H,1H3,(H,28,29,30)(H,36,37,38)(H,39,40,41)(H,42,43,44)(H,45,46,47). The van der Waals surface area contributed by atoms with E-state index in [-0.39, 0.29) is 32.7 Å². The molecule has 0 radical (unpaired) electrons. The Morgan fingerprint density at radius 3 is 1.94 bits per heavy atom. The maximum absolute atomic E-state index is 13.3. The van der Waals surface area contributed by atoms with E-state index in [0.29, 0.717) is 23.2 Å². The van der Waals surface area contributed by atoms with E-state index < -0.39 is 94.2 Å². The van der Waals surface area contributed by atoms with Crippen molar-refractivity contribution in [3.63, 3.8) is 0 Å². The summed E-state index contributed by atoms with van der Waals surface area (Å²) in [5.74, 6) is -1.44. The van der Waals surface area contributed by atoms with Gasteiger partial charge in [-0.2, -0.15) is 59.0 Å². The number of halogens is 3. The summed E-state index contributed by atoms with van der Waals surface area (Å²) in [4.78, 5) is 17.0. The number of carbonyl (C=O) groups excluding carboxylic acids is 1. The smallest absolute Gasteiger partial charge is 0.296 e. The van der Waals surface area contributed by atoms with Crippen molar-refractivity contribution < 1.29 is 56.7 Å². The molecule has 0 fully saturated rings. The van der Waals surface area contributed by atoms with Gasteiger partial charge in [-0.05, 0) is 61.0 Å². The lowest BCUT2D eigenvalue weighted by atomic mass is 10.1. The second-order valence-electron chi connectivity index (χ2n) is 10.1. The molecule has 3 aromatic carbocycles. The van der Waals surface area contributed by atoms with Crippen LogP contribution in [0.15, 0.2) is 77.4 Å². The van der Waals surface area contributed by atoms with Crippen LogP contribution in [0.3, 0.4) is 0 Å². The molecule has 27 heteroatoms. The van der Waals surface area contributed by atoms with Gasteiger partial charge in [-0.25, -0.2) is 4.98 Å². The highest BCUT2D eigenvalue weighted by molar-refractivity contribution is 7.87. The van der Waals surface area contributed by atoms with E-state index >= 15 is 0 Å². The summed E-state index contributed by atoms with van der Waals surface area (Å²) in [5, 5.41) is 12.3. The highest BCUT2D eigenvalue weighted by atomic mass is 35.5. The molecule has 1 atom stereocenters. The number of nitrogens with one attached hydrogen (secondary N) is 1. The summed E-state index contributed by atoms with van der Waals surface area (Å²) in [6, 6.07) is 3.55. The van der Waals surface area contributed by atoms with Gasteiger partial charge in [0.1, 0.15) is 19.7 Å². The van der Waals surface area contributed by atoms with Crippen LogP contribution >= 0.6 is 34.8 Å². The van der Waals surface area contributed by atoms with Gasteiger partial charge in [0.15, 0.2) is 17.0 Å². The number of carbonyl (C=O) groups is 1. The number of azo groups is 1. The van der Waals surface area contributed by atoms with E-state index in [2.05, 4.69) is 30.6 Å². The Bertz CT molecular complexity index is 2710. The van der Waals surface area contributed by atoms with E-state index in [0.717, 1.165) is 24.3 Å². The molecule has 51 heavy (non-hydrogen) atoms. The largest absolute Gasteiger partial charge is 0.339 e. The van der Waals surface area contributed by atoms with E-state index in [1.807, 2.05) is 0 Å². The van der Waals surface area contributed by atoms with Crippen molar-refractivity contribution >= 4 is 121 Å². The first-order valence-electron chi connectivity index (χ1n) is 13.0. The molecule has 1 amide bonds. The fourth-order valence-corrected chi connectivity index (χ4v) is 7.68. The number of nitrogens with zero attached hydrogens (tertiary/aromatic N) is 6. The zero-order valence-corrected chi connectivity index (χ0v) is 30.1. The predicted molar refractivity (Wildman–Crippen MR) is 179 cm³/mol. The normalized spacial score (nSPS) is 15.9. The fraction of sp³-hybridized carbons (Fsp3) is 0.0833. The number of fused-ring (bicyclic) bond motifs is 1. The van der Waals surface area contributed by atoms with Crippen LogP contribution in [0.4, 0.5) is 22.9 Å². The maximum Gasteiger partial charge on any atom is 0.296 e. The molecule has 5 rings (SSSR count). The molecule has 1 unspecified atom stereocenters. The van der Waals surface area contributed by atoms with Gasteiger partial charge >= 0.3 is 0 Å². The van der Waals surface area contributed by atoms with Gasteiger partial charge < -0.3 is 5.32 Å². The summed E-state index contributed by atoms with van der Waals surface area (Å²) in [5.41, 5.74) is -1.77. The lowest BCUT2D eigenvalue weighted by Crippen LogP contribution is -2.30. The Morgan fingerprint density at radius 1 is 0.765 bits per heavy atom. The van der Waals surface area contributed by atoms with Gasteiger partial charge in [-0.1, -0.05) is 23.2 Å². The highest BCUT2D eigenvalue weighted by Gasteiger charge is 2.38. The van der Waals surface area contributed by atoms with Gasteiger partial charge in [0.25, 0.3) is 46.4 Å². The quantitative estimate of drug-likeness (QED) is 0.0682. The number of amides is 1. The SMILES string of the molecule is CC1=NN(c2cc(S(=O)(=O)O)ccc2S(=O)(=O)O)C(=O)C1N=Nc1cc(S(=O)(=O)O)c2cc(Nc3nc(Cl)nc(Cl)c3Cl)cc(S(=O)(=O)O)c2c1. The molecule has 0 saturated carbocycles. The molecular formula is C24H16Cl3N7O13S4. The first-order chi connectivity index (χ1) is 23.4. The molecule has 2 heterocycles. The molecule has 0 saturated heterocycles. The van der Waals surface area contributed by atoms with Crippen molar-refractivity contribution in [3.05, 3.63) is 57.9 Å². The van der Waals surface area contributed by atoms with E-state index in [1.165, 1.54) is 6.92 Å². The summed E-state index contributed by atoms with van der Waals surface area (Å²) < 4.78 is 137. The van der Waals surface area contributed by atoms with Gasteiger partial charge in [-0.3, -0.25) is 23.0 Å². The number of hydrazone groups is 1. The Labute approximate surface area is 301 Å². The second kappa shape index (κ2) is 13.2. The molecule has 1 aromatic heterocycles. The van der Waals surface area contributed by atoms with Crippen LogP contribution in [-0.2, 0) is 45.3 Å². The van der Waals surface area contributed by atoms with Crippen LogP contribution in [0.2, 0.25) is 15.5 Å². The van der Waals surface area contributed by atoms with Gasteiger partial charge in [0.05, 0.1) is 22.0 Å². The van der Waals surface area contributed by atoms with E-state index in [9.17, 15) is 56.7 Å². The van der Waals surface area contributed by atoms with Crippen LogP contribution in [-0.4, -0.2) is 79.5 Å². The molecule has 1 aliphatic rings. The lowest BCUT2D eigenvalue weighted by molar-refractivity contribution is -0.117. The Balaban J connectivity index is 1.62. The van der Waals surface area contributed by atoms with Gasteiger partial charge in [-0.15, -0.1) is 0 Å². The third-order valence-electron chi connectivity index (χ3n) is 6.70. The zero-order valence-electron chi connectivity index (χ0n) is 24.5. The summed E-state index contributed by atoms with van der Waals surface area (Å²) in [6.07, 6.45) is 0. The average molecular weight is 845 g/mol. The van der Waals surface area contributed by atoms with Crippen LogP contribution in [0.5, 0.6) is 0 Å². The fourth-order valence-electron chi connectivity index (χ4n) is 4.58. The third-order valence-corrected chi connectivity index (χ3v) is 11.1. The number of benzene rings is 3. The summed E-state index contributed by atoms with van der Waals surface area (Å²) in [6.45, 7) is 1.21. The number of hydrogen-bond donors (Lipinski definition) is 5. The van der Waals surface area contributed by atoms with Crippen molar-refractivity contribution in [2.45, 2.75) is 32.5 Å². The molecule has 4 aromatic rings. The van der Waals surface area contributed by atoms with Crippen molar-refractivity contribution in [1.82, 2.24) is 9.97 Å². The van der Waals surface area contributed by atoms with Gasteiger partial charge in [0.2, 0.25) is 5.28 Å². The van der Waals surface area contributed by atoms with Crippen molar-refractivity contribution in [1.29, 1.82) is 0 Å². The van der Waals surface area contributed by atoms with Crippen LogP contribution < -0.4 is 10.3 Å². The minimum absolute atomic E-state index is 0.198. The molecule has 20 nitrogen and oxygen atoms in total. The molecule has 0 spiro atoms. The Morgan fingerprint density at radius 2 is 1.35 bits per heavy atom. The second-order valence-corrected chi connectivity index (χ2v) is 16.8. The molecular weight excluding hydrogens is 829 g/mol. The average Bonchev–Trinajstić information content (AvgIpc) is 3.27. The van der Waals surface area contributed by atoms with E-state index in [4.69, 9.17) is 34.8 Å². The minimum Gasteiger partial charge on any atom is -0.339 e. The predicted octanol–water partition coefficient (Wildman–Crippen LogP) is 4.20. The van der Waals surface area contributed by atoms with Crippen LogP contribution in [0.1, 0.15) is 6.92 Å². The molecule has 1 aliphatic heterocycles. The topological polar surface area (TPSA) is 313 Å². The monoisotopic (exact) mass is 843 g/mol. The minimum atomic E-state index is -5.21. The molecule has 5 N–H and O–H groups in total.